The number of esters is 6. The van der Waals surface area contributed by atoms with E-state index in [1.165, 1.54) is 36.5 Å². The zero-order chi connectivity index (χ0) is 86.9. The fourth-order valence-corrected chi connectivity index (χ4v) is 12.8. The number of ether oxygens (including phenoxy) is 7. The van der Waals surface area contributed by atoms with Crippen molar-refractivity contribution < 1.29 is 61.9 Å². The Morgan fingerprint density at radius 2 is 0.437 bits per heavy atom. The van der Waals surface area contributed by atoms with Crippen LogP contribution in [0.25, 0.3) is 46.1 Å². The fourth-order valence-electron chi connectivity index (χ4n) is 12.8. The second kappa shape index (κ2) is 48.6. The first-order chi connectivity index (χ1) is 57.5. The van der Waals surface area contributed by atoms with Crippen LogP contribution in [0.3, 0.4) is 0 Å². The smallest absolute Gasteiger partial charge is 0.348 e. The summed E-state index contributed by atoms with van der Waals surface area (Å²) in [6.45, 7) is 41.3. The molecule has 0 bridgehead atoms. The maximum absolute atomic E-state index is 14.7. The van der Waals surface area contributed by atoms with Crippen LogP contribution in [0.2, 0.25) is 0 Å². The van der Waals surface area contributed by atoms with E-state index in [0.717, 1.165) is 34.1 Å². The number of benzene rings is 6. The summed E-state index contributed by atoms with van der Waals surface area (Å²) < 4.78 is 43.0. The van der Waals surface area contributed by atoms with Gasteiger partial charge >= 0.3 is 35.8 Å². The summed E-state index contributed by atoms with van der Waals surface area (Å²) in [6, 6.07) is 49.8. The number of anilines is 6. The number of carbonyl (C=O) groups is 6. The Hall–Kier alpha value is -13.7. The van der Waals surface area contributed by atoms with Crippen molar-refractivity contribution in [3.05, 3.63) is 235 Å². The third kappa shape index (κ3) is 27.7. The van der Waals surface area contributed by atoms with Gasteiger partial charge in [0, 0.05) is 113 Å². The molecule has 0 spiro atoms. The summed E-state index contributed by atoms with van der Waals surface area (Å²) >= 11 is 0. The number of hydrogen-bond donors (Lipinski definition) is 0. The minimum absolute atomic E-state index is 0.427. The highest BCUT2D eigenvalue weighted by Gasteiger charge is 2.42. The zero-order valence-electron chi connectivity index (χ0n) is 70.1. The first-order valence-electron chi connectivity index (χ1n) is 39.9. The van der Waals surface area contributed by atoms with Gasteiger partial charge in [-0.1, -0.05) is 72.8 Å². The zero-order valence-corrected chi connectivity index (χ0v) is 70.1. The van der Waals surface area contributed by atoms with Crippen molar-refractivity contribution in [1.82, 2.24) is 0 Å². The molecule has 0 aliphatic carbocycles. The molecule has 0 aromatic heterocycles. The third-order valence-electron chi connectivity index (χ3n) is 19.9. The fraction of sp³-hybridized carbons (Fsp3) is 0.362. The number of hydrogen-bond acceptors (Lipinski definition) is 23. The molecular formula is C94H106N12O13. The first-order valence-corrected chi connectivity index (χ1v) is 39.9. The van der Waals surface area contributed by atoms with E-state index in [4.69, 9.17) is 46.3 Å². The summed E-state index contributed by atoms with van der Waals surface area (Å²) in [6.07, 6.45) is 7.72. The van der Waals surface area contributed by atoms with Crippen LogP contribution in [0.4, 0.5) is 34.1 Å². The van der Waals surface area contributed by atoms with E-state index in [1.807, 2.05) is 180 Å². The van der Waals surface area contributed by atoms with Crippen molar-refractivity contribution in [2.24, 2.45) is 10.8 Å². The standard InChI is InChI=1S/C94H106N12O13/c1-15-101(16-2)79-39-27-69(28-40-79)51-75(57-95)87(107)114-63-93(64-115-88(108)76(58-96)52-70-29-41-80(42-30-70)102(17-3)18-4,65-116-89(109)77(59-97)53-71-31-43-81(44-32-71)103(19-5)20-6)61-113-62-94(66-117-90(110)78(60-98)54-72-33-45-82(46-34-72)104(21-7)22-8,67-118-91(111)85(99-13)55-73-35-47-83(48-36-73)105(23-9)24-10)68-119-92(112)86(100-14)56-74-37-49-84(50-38-74)106(25-11)26-12/h27-56H,15-26,61-68H2,1-12H3/b75-51+,76-52+,77-53+,78-54+,85-55-,86-56-. The number of nitriles is 4. The predicted molar refractivity (Wildman–Crippen MR) is 465 cm³/mol. The first kappa shape index (κ1) is 94.1. The van der Waals surface area contributed by atoms with E-state index in [9.17, 15) is 49.8 Å². The van der Waals surface area contributed by atoms with Gasteiger partial charge < -0.3 is 62.6 Å². The lowest BCUT2D eigenvalue weighted by Gasteiger charge is -2.35. The van der Waals surface area contributed by atoms with Gasteiger partial charge in [0.15, 0.2) is 0 Å². The monoisotopic (exact) mass is 1610 g/mol. The van der Waals surface area contributed by atoms with Crippen molar-refractivity contribution in [3.8, 4) is 24.3 Å². The van der Waals surface area contributed by atoms with Crippen LogP contribution in [0.5, 0.6) is 0 Å². The normalized spacial score (nSPS) is 12.3. The molecule has 25 nitrogen and oxygen atoms in total. The Bertz CT molecular complexity index is 4070. The van der Waals surface area contributed by atoms with Gasteiger partial charge in [0.1, 0.15) is 86.2 Å². The molecule has 0 saturated carbocycles. The van der Waals surface area contributed by atoms with E-state index in [1.54, 1.807) is 72.8 Å². The van der Waals surface area contributed by atoms with Crippen LogP contribution in [-0.2, 0) is 61.9 Å². The summed E-state index contributed by atoms with van der Waals surface area (Å²) in [5.41, 5.74) is 0.300. The SMILES string of the molecule is [C-]#[N+]/C(=C\c1ccc(N(CC)CC)cc1)C(=O)OCC(COCC(COC(=O)/C(C#N)=C/c1ccc(N(CC)CC)cc1)(COC(=O)/C(C#N)=C/c1ccc(N(CC)CC)cc1)COC(=O)/C(C#N)=C/c1ccc(N(CC)CC)cc1)(COC(=O)/C(=C/c1ccc(N(CC)CC)cc1)[N+]#[C-])COC(=O)/C(C#N)=C/c1ccc(N(CC)CC)cc1. The predicted octanol–water partition coefficient (Wildman–Crippen LogP) is 15.7. The van der Waals surface area contributed by atoms with Gasteiger partial charge in [-0.25, -0.2) is 28.9 Å². The largest absolute Gasteiger partial charge is 0.470 e. The minimum Gasteiger partial charge on any atom is -0.470 e. The van der Waals surface area contributed by atoms with Gasteiger partial charge in [-0.15, -0.1) is 0 Å². The minimum atomic E-state index is -2.19. The van der Waals surface area contributed by atoms with Gasteiger partial charge in [0.05, 0.1) is 37.2 Å². The van der Waals surface area contributed by atoms with Gasteiger partial charge in [-0.3, -0.25) is 9.59 Å². The molecule has 0 radical (unpaired) electrons. The summed E-state index contributed by atoms with van der Waals surface area (Å²) in [5.74, 6) is -7.36. The Kier molecular flexibility index (Phi) is 38.4. The Morgan fingerprint density at radius 1 is 0.277 bits per heavy atom. The maximum Gasteiger partial charge on any atom is 0.348 e. The average Bonchev–Trinajstić information content (AvgIpc) is 0.824. The number of nitrogens with zero attached hydrogens (tertiary/aromatic N) is 12. The van der Waals surface area contributed by atoms with Crippen LogP contribution >= 0.6 is 0 Å². The van der Waals surface area contributed by atoms with Crippen molar-refractivity contribution in [3.63, 3.8) is 0 Å². The summed E-state index contributed by atoms with van der Waals surface area (Å²) in [5, 5.41) is 42.7. The molecule has 6 aromatic rings. The molecule has 6 rings (SSSR count). The van der Waals surface area contributed by atoms with Crippen LogP contribution in [0, 0.1) is 69.3 Å². The maximum atomic E-state index is 14.7. The van der Waals surface area contributed by atoms with E-state index >= 15 is 0 Å². The quantitative estimate of drug-likeness (QED) is 0.0113. The van der Waals surface area contributed by atoms with Gasteiger partial charge in [0.25, 0.3) is 11.4 Å². The molecule has 0 unspecified atom stereocenters. The summed E-state index contributed by atoms with van der Waals surface area (Å²) in [4.78, 5) is 108. The van der Waals surface area contributed by atoms with Crippen molar-refractivity contribution in [1.29, 1.82) is 21.0 Å². The van der Waals surface area contributed by atoms with Crippen molar-refractivity contribution in [2.45, 2.75) is 83.1 Å². The topological polar surface area (TPSA) is 290 Å². The second-order valence-corrected chi connectivity index (χ2v) is 27.5. The average molecular weight is 1610 g/mol. The van der Waals surface area contributed by atoms with Crippen molar-refractivity contribution in [2.75, 3.05) is 161 Å². The highest BCUT2D eigenvalue weighted by molar-refractivity contribution is 6.01. The molecule has 0 saturated heterocycles. The molecule has 0 heterocycles. The van der Waals surface area contributed by atoms with Crippen LogP contribution < -0.4 is 29.4 Å². The lowest BCUT2D eigenvalue weighted by Crippen LogP contribution is -2.47. The molecule has 25 heteroatoms. The van der Waals surface area contributed by atoms with Crippen LogP contribution in [-0.4, -0.2) is 167 Å². The third-order valence-corrected chi connectivity index (χ3v) is 19.9. The van der Waals surface area contributed by atoms with E-state index in [-0.39, 0.29) is 0 Å². The molecular weight excluding hydrogens is 1510 g/mol. The van der Waals surface area contributed by atoms with Crippen molar-refractivity contribution >= 4 is 106 Å². The molecule has 0 N–H and O–H groups in total. The van der Waals surface area contributed by atoms with Gasteiger partial charge in [-0.05, 0) is 226 Å². The number of rotatable bonds is 46. The Morgan fingerprint density at radius 3 is 0.588 bits per heavy atom. The molecule has 6 aromatic carbocycles. The Labute approximate surface area is 700 Å². The van der Waals surface area contributed by atoms with Gasteiger partial charge in [0.2, 0.25) is 0 Å². The van der Waals surface area contributed by atoms with E-state index in [2.05, 4.69) is 39.1 Å². The molecule has 119 heavy (non-hydrogen) atoms. The van der Waals surface area contributed by atoms with Crippen LogP contribution in [0.15, 0.2) is 179 Å². The lowest BCUT2D eigenvalue weighted by molar-refractivity contribution is -0.170. The van der Waals surface area contributed by atoms with Gasteiger partial charge in [-0.2, -0.15) is 21.0 Å². The number of carbonyl (C=O) groups excluding carboxylic acids is 6. The molecule has 0 atom stereocenters. The highest BCUT2D eigenvalue weighted by Crippen LogP contribution is 2.31. The molecule has 0 aliphatic heterocycles. The summed E-state index contributed by atoms with van der Waals surface area (Å²) in [7, 11) is 0. The van der Waals surface area contributed by atoms with E-state index < -0.39 is 133 Å². The second-order valence-electron chi connectivity index (χ2n) is 27.5. The Balaban J connectivity index is 1.58. The molecule has 620 valence electrons. The highest BCUT2D eigenvalue weighted by atomic mass is 16.6. The van der Waals surface area contributed by atoms with E-state index in [0.29, 0.717) is 112 Å². The van der Waals surface area contributed by atoms with Crippen LogP contribution in [0.1, 0.15) is 116 Å². The molecule has 0 amide bonds. The lowest BCUT2D eigenvalue weighted by atomic mass is 9.90. The molecule has 0 aliphatic rings. The molecule has 0 fully saturated rings.